The molecule has 0 saturated heterocycles. The van der Waals surface area contributed by atoms with E-state index in [1.807, 2.05) is 17.5 Å². The Morgan fingerprint density at radius 1 is 1.37 bits per heavy atom. The molecule has 1 heterocycles. The molecule has 0 radical (unpaired) electrons. The highest BCUT2D eigenvalue weighted by Gasteiger charge is 2.43. The minimum absolute atomic E-state index is 0.0924. The number of alkyl halides is 3. The van der Waals surface area contributed by atoms with Crippen molar-refractivity contribution in [3.63, 3.8) is 0 Å². The highest BCUT2D eigenvalue weighted by Crippen LogP contribution is 2.41. The molecule has 5 heteroatoms. The Balaban J connectivity index is 1.83. The number of aliphatic hydroxyl groups is 1. The summed E-state index contributed by atoms with van der Waals surface area (Å²) < 4.78 is 38.1. The maximum Gasteiger partial charge on any atom is 0.391 e. The van der Waals surface area contributed by atoms with E-state index in [4.69, 9.17) is 0 Å². The van der Waals surface area contributed by atoms with E-state index in [1.54, 1.807) is 11.3 Å². The van der Waals surface area contributed by atoms with E-state index >= 15 is 0 Å². The van der Waals surface area contributed by atoms with E-state index in [9.17, 15) is 18.3 Å². The van der Waals surface area contributed by atoms with Gasteiger partial charge in [0, 0.05) is 4.88 Å². The first-order valence-electron chi connectivity index (χ1n) is 6.74. The lowest BCUT2D eigenvalue weighted by Gasteiger charge is -2.33. The van der Waals surface area contributed by atoms with Crippen LogP contribution >= 0.6 is 11.3 Å². The lowest BCUT2D eigenvalue weighted by molar-refractivity contribution is -0.188. The highest BCUT2D eigenvalue weighted by atomic mass is 32.1. The second-order valence-electron chi connectivity index (χ2n) is 5.35. The molecule has 0 amide bonds. The Hall–Kier alpha value is -0.550. The van der Waals surface area contributed by atoms with Gasteiger partial charge in [-0.3, -0.25) is 0 Å². The summed E-state index contributed by atoms with van der Waals surface area (Å²) in [6.07, 6.45) is -1.78. The summed E-state index contributed by atoms with van der Waals surface area (Å²) in [5.74, 6) is -1.41. The normalized spacial score (nSPS) is 26.3. The molecule has 0 bridgehead atoms. The van der Waals surface area contributed by atoms with Gasteiger partial charge >= 0.3 is 6.18 Å². The second-order valence-corrected chi connectivity index (χ2v) is 6.38. The molecule has 3 unspecified atom stereocenters. The van der Waals surface area contributed by atoms with Gasteiger partial charge in [0.25, 0.3) is 0 Å². The van der Waals surface area contributed by atoms with Crippen LogP contribution in [0, 0.1) is 11.8 Å². The molecule has 2 rings (SSSR count). The number of aliphatic hydroxyl groups excluding tert-OH is 1. The van der Waals surface area contributed by atoms with Gasteiger partial charge in [0.05, 0.1) is 12.0 Å². The molecule has 1 aromatic heterocycles. The smallest absolute Gasteiger partial charge is 0.391 e. The fourth-order valence-electron chi connectivity index (χ4n) is 2.86. The average molecular weight is 292 g/mol. The van der Waals surface area contributed by atoms with Gasteiger partial charge in [-0.1, -0.05) is 12.5 Å². The fourth-order valence-corrected chi connectivity index (χ4v) is 3.58. The van der Waals surface area contributed by atoms with E-state index < -0.39 is 18.2 Å². The molecular formula is C14H19F3OS. The second kappa shape index (κ2) is 6.27. The van der Waals surface area contributed by atoms with Crippen molar-refractivity contribution in [3.05, 3.63) is 22.4 Å². The number of hydrogen-bond donors (Lipinski definition) is 1. The largest absolute Gasteiger partial charge is 0.393 e. The fraction of sp³-hybridized carbons (Fsp3) is 0.714. The van der Waals surface area contributed by atoms with Crippen LogP contribution in [0.2, 0.25) is 0 Å². The number of hydrogen-bond acceptors (Lipinski definition) is 2. The van der Waals surface area contributed by atoms with Crippen molar-refractivity contribution >= 4 is 11.3 Å². The maximum absolute atomic E-state index is 12.7. The third kappa shape index (κ3) is 4.21. The summed E-state index contributed by atoms with van der Waals surface area (Å²) in [6.45, 7) is 0. The zero-order chi connectivity index (χ0) is 13.9. The summed E-state index contributed by atoms with van der Waals surface area (Å²) in [4.78, 5) is 1.18. The van der Waals surface area contributed by atoms with Crippen molar-refractivity contribution in [2.45, 2.75) is 50.8 Å². The van der Waals surface area contributed by atoms with Gasteiger partial charge in [-0.25, -0.2) is 0 Å². The Kier molecular flexibility index (Phi) is 4.90. The Morgan fingerprint density at radius 2 is 2.16 bits per heavy atom. The average Bonchev–Trinajstić information content (AvgIpc) is 2.88. The number of halogens is 3. The lowest BCUT2D eigenvalue weighted by Crippen LogP contribution is -2.33. The molecule has 1 aliphatic carbocycles. The monoisotopic (exact) mass is 292 g/mol. The Bertz CT molecular complexity index is 375. The third-order valence-electron chi connectivity index (χ3n) is 3.99. The van der Waals surface area contributed by atoms with Gasteiger partial charge in [0.1, 0.15) is 0 Å². The third-order valence-corrected chi connectivity index (χ3v) is 4.92. The SMILES string of the molecule is OC(CCc1cccs1)C1CCCC(C(F)(F)F)C1. The number of aryl methyl sites for hydroxylation is 1. The van der Waals surface area contributed by atoms with Crippen LogP contribution in [0.4, 0.5) is 13.2 Å². The molecule has 108 valence electrons. The summed E-state index contributed by atoms with van der Waals surface area (Å²) in [5, 5.41) is 12.1. The van der Waals surface area contributed by atoms with Crippen molar-refractivity contribution < 1.29 is 18.3 Å². The predicted octanol–water partition coefficient (Wildman–Crippen LogP) is 4.41. The first-order valence-corrected chi connectivity index (χ1v) is 7.62. The minimum atomic E-state index is -4.11. The summed E-state index contributed by atoms with van der Waals surface area (Å²) in [5.41, 5.74) is 0. The van der Waals surface area contributed by atoms with Crippen molar-refractivity contribution in [1.82, 2.24) is 0 Å². The van der Waals surface area contributed by atoms with Crippen LogP contribution in [0.15, 0.2) is 17.5 Å². The molecule has 0 aliphatic heterocycles. The molecule has 1 nitrogen and oxygen atoms in total. The maximum atomic E-state index is 12.7. The van der Waals surface area contributed by atoms with Gasteiger partial charge in [-0.2, -0.15) is 13.2 Å². The van der Waals surface area contributed by atoms with Crippen LogP contribution in [0.5, 0.6) is 0 Å². The van der Waals surface area contributed by atoms with Crippen molar-refractivity contribution in [1.29, 1.82) is 0 Å². The predicted molar refractivity (Wildman–Crippen MR) is 70.1 cm³/mol. The molecule has 3 atom stereocenters. The lowest BCUT2D eigenvalue weighted by atomic mass is 9.77. The zero-order valence-electron chi connectivity index (χ0n) is 10.7. The standard InChI is InChI=1S/C14H19F3OS/c15-14(16,17)11-4-1-3-10(9-11)13(18)7-6-12-5-2-8-19-12/h2,5,8,10-11,13,18H,1,3-4,6-7,9H2. The highest BCUT2D eigenvalue weighted by molar-refractivity contribution is 7.09. The molecule has 1 fully saturated rings. The van der Waals surface area contributed by atoms with Crippen molar-refractivity contribution in [3.8, 4) is 0 Å². The first kappa shape index (κ1) is 14.9. The minimum Gasteiger partial charge on any atom is -0.393 e. The van der Waals surface area contributed by atoms with Gasteiger partial charge in [-0.05, 0) is 49.5 Å². The Morgan fingerprint density at radius 3 is 2.79 bits per heavy atom. The number of rotatable bonds is 4. The van der Waals surface area contributed by atoms with Gasteiger partial charge in [0.15, 0.2) is 0 Å². The number of thiophene rings is 1. The summed E-state index contributed by atoms with van der Waals surface area (Å²) >= 11 is 1.63. The van der Waals surface area contributed by atoms with E-state index in [0.29, 0.717) is 12.8 Å². The molecule has 0 aromatic carbocycles. The van der Waals surface area contributed by atoms with Gasteiger partial charge in [0.2, 0.25) is 0 Å². The van der Waals surface area contributed by atoms with E-state index in [1.165, 1.54) is 4.88 Å². The summed E-state index contributed by atoms with van der Waals surface area (Å²) in [6, 6.07) is 3.95. The molecule has 19 heavy (non-hydrogen) atoms. The quantitative estimate of drug-likeness (QED) is 0.871. The topological polar surface area (TPSA) is 20.2 Å². The van der Waals surface area contributed by atoms with E-state index in [0.717, 1.165) is 12.8 Å². The van der Waals surface area contributed by atoms with Crippen LogP contribution in [0.25, 0.3) is 0 Å². The van der Waals surface area contributed by atoms with Gasteiger partial charge in [-0.15, -0.1) is 11.3 Å². The van der Waals surface area contributed by atoms with Gasteiger partial charge < -0.3 is 5.11 Å². The van der Waals surface area contributed by atoms with E-state index in [2.05, 4.69) is 0 Å². The molecule has 1 aromatic rings. The van der Waals surface area contributed by atoms with Crippen LogP contribution in [0.1, 0.15) is 37.0 Å². The van der Waals surface area contributed by atoms with E-state index in [-0.39, 0.29) is 18.8 Å². The molecule has 0 spiro atoms. The molecule has 1 aliphatic rings. The van der Waals surface area contributed by atoms with Crippen LogP contribution in [-0.4, -0.2) is 17.4 Å². The van der Waals surface area contributed by atoms with Crippen molar-refractivity contribution in [2.24, 2.45) is 11.8 Å². The summed E-state index contributed by atoms with van der Waals surface area (Å²) in [7, 11) is 0. The van der Waals surface area contributed by atoms with Crippen LogP contribution < -0.4 is 0 Å². The first-order chi connectivity index (χ1) is 8.97. The molecule has 1 N–H and O–H groups in total. The molecule has 1 saturated carbocycles. The molecular weight excluding hydrogens is 273 g/mol. The van der Waals surface area contributed by atoms with Crippen molar-refractivity contribution in [2.75, 3.05) is 0 Å². The van der Waals surface area contributed by atoms with Crippen LogP contribution in [0.3, 0.4) is 0 Å². The zero-order valence-corrected chi connectivity index (χ0v) is 11.5. The van der Waals surface area contributed by atoms with Crippen LogP contribution in [-0.2, 0) is 6.42 Å². The Labute approximate surface area is 115 Å².